The van der Waals surface area contributed by atoms with Crippen molar-refractivity contribution in [3.63, 3.8) is 0 Å². The van der Waals surface area contributed by atoms with Gasteiger partial charge >= 0.3 is 0 Å². The molecule has 0 aromatic heterocycles. The summed E-state index contributed by atoms with van der Waals surface area (Å²) < 4.78 is 26.2. The summed E-state index contributed by atoms with van der Waals surface area (Å²) in [6.07, 6.45) is 1.12. The van der Waals surface area contributed by atoms with Gasteiger partial charge in [-0.05, 0) is 55.2 Å². The monoisotopic (exact) mass is 436 g/mol. The maximum absolute atomic E-state index is 13.1. The fraction of sp³-hybridized carbons (Fsp3) is 0.240. The average molecular weight is 437 g/mol. The molecule has 0 saturated heterocycles. The minimum atomic E-state index is -3.65. The van der Waals surface area contributed by atoms with Crippen molar-refractivity contribution in [3.8, 4) is 0 Å². The Kier molecular flexibility index (Phi) is 6.81. The molecule has 0 aliphatic rings. The number of amides is 1. The molecule has 3 aromatic carbocycles. The van der Waals surface area contributed by atoms with Gasteiger partial charge in [-0.25, -0.2) is 8.42 Å². The summed E-state index contributed by atoms with van der Waals surface area (Å²) in [5.41, 5.74) is 5.32. The largest absolute Gasteiger partial charge is 0.344 e. The summed E-state index contributed by atoms with van der Waals surface area (Å²) in [7, 11) is -3.65. The van der Waals surface area contributed by atoms with Crippen LogP contribution in [0.15, 0.2) is 72.8 Å². The molecular formula is C25H28N2O3S. The van der Waals surface area contributed by atoms with Crippen LogP contribution in [0.3, 0.4) is 0 Å². The van der Waals surface area contributed by atoms with Gasteiger partial charge in [0, 0.05) is 0 Å². The van der Waals surface area contributed by atoms with Crippen molar-refractivity contribution in [2.75, 3.05) is 17.1 Å². The Bertz CT molecular complexity index is 1150. The standard InChI is InChI=1S/C25H28N2O3S/c1-18-9-8-12-22(14-18)25(21-10-6-5-7-11-21)26-24(28)17-27(31(4,29)30)23-15-19(2)13-20(3)16-23/h5-16,25H,17H2,1-4H3,(H,26,28). The van der Waals surface area contributed by atoms with E-state index in [2.05, 4.69) is 5.32 Å². The van der Waals surface area contributed by atoms with Crippen molar-refractivity contribution >= 4 is 21.6 Å². The Morgan fingerprint density at radius 3 is 2.03 bits per heavy atom. The van der Waals surface area contributed by atoms with E-state index in [4.69, 9.17) is 0 Å². The third-order valence-electron chi connectivity index (χ3n) is 5.00. The van der Waals surface area contributed by atoms with E-state index < -0.39 is 10.0 Å². The maximum atomic E-state index is 13.1. The normalized spacial score (nSPS) is 12.3. The second-order valence-corrected chi connectivity index (χ2v) is 9.85. The minimum absolute atomic E-state index is 0.295. The summed E-state index contributed by atoms with van der Waals surface area (Å²) in [5.74, 6) is -0.375. The van der Waals surface area contributed by atoms with Crippen molar-refractivity contribution in [3.05, 3.63) is 101 Å². The van der Waals surface area contributed by atoms with Crippen LogP contribution in [-0.4, -0.2) is 27.1 Å². The van der Waals surface area contributed by atoms with Crippen molar-refractivity contribution in [1.82, 2.24) is 5.32 Å². The van der Waals surface area contributed by atoms with Gasteiger partial charge in [-0.2, -0.15) is 0 Å². The number of hydrogen-bond acceptors (Lipinski definition) is 3. The second kappa shape index (κ2) is 9.35. The molecular weight excluding hydrogens is 408 g/mol. The molecule has 162 valence electrons. The van der Waals surface area contributed by atoms with E-state index in [0.717, 1.165) is 38.4 Å². The summed E-state index contributed by atoms with van der Waals surface area (Å²) >= 11 is 0. The van der Waals surface area contributed by atoms with Gasteiger partial charge in [-0.1, -0.05) is 66.2 Å². The number of nitrogens with zero attached hydrogens (tertiary/aromatic N) is 1. The lowest BCUT2D eigenvalue weighted by atomic mass is 9.97. The maximum Gasteiger partial charge on any atom is 0.241 e. The zero-order valence-corrected chi connectivity index (χ0v) is 19.1. The van der Waals surface area contributed by atoms with Crippen molar-refractivity contribution in [1.29, 1.82) is 0 Å². The Morgan fingerprint density at radius 1 is 0.839 bits per heavy atom. The quantitative estimate of drug-likeness (QED) is 0.601. The summed E-state index contributed by atoms with van der Waals surface area (Å²) in [4.78, 5) is 13.1. The van der Waals surface area contributed by atoms with Crippen LogP contribution in [0.1, 0.15) is 33.9 Å². The summed E-state index contributed by atoms with van der Waals surface area (Å²) in [6.45, 7) is 5.51. The van der Waals surface area contributed by atoms with Gasteiger partial charge in [0.1, 0.15) is 6.54 Å². The van der Waals surface area contributed by atoms with E-state index in [1.54, 1.807) is 12.1 Å². The highest BCUT2D eigenvalue weighted by atomic mass is 32.2. The Morgan fingerprint density at radius 2 is 1.45 bits per heavy atom. The zero-order valence-electron chi connectivity index (χ0n) is 18.3. The lowest BCUT2D eigenvalue weighted by molar-refractivity contribution is -0.120. The molecule has 1 atom stereocenters. The molecule has 1 amide bonds. The van der Waals surface area contributed by atoms with E-state index in [1.165, 1.54) is 0 Å². The highest BCUT2D eigenvalue weighted by Gasteiger charge is 2.24. The van der Waals surface area contributed by atoms with Crippen LogP contribution < -0.4 is 9.62 Å². The first-order valence-corrected chi connectivity index (χ1v) is 12.0. The van der Waals surface area contributed by atoms with Crippen molar-refractivity contribution in [2.24, 2.45) is 0 Å². The van der Waals surface area contributed by atoms with E-state index in [9.17, 15) is 13.2 Å². The number of anilines is 1. The fourth-order valence-corrected chi connectivity index (χ4v) is 4.53. The lowest BCUT2D eigenvalue weighted by Crippen LogP contribution is -2.41. The van der Waals surface area contributed by atoms with E-state index in [-0.39, 0.29) is 18.5 Å². The second-order valence-electron chi connectivity index (χ2n) is 7.94. The fourth-order valence-electron chi connectivity index (χ4n) is 3.69. The van der Waals surface area contributed by atoms with Gasteiger partial charge in [-0.3, -0.25) is 9.10 Å². The van der Waals surface area contributed by atoms with Crippen LogP contribution in [0.4, 0.5) is 5.69 Å². The highest BCUT2D eigenvalue weighted by Crippen LogP contribution is 2.24. The number of rotatable bonds is 7. The number of hydrogen-bond donors (Lipinski definition) is 1. The first kappa shape index (κ1) is 22.6. The molecule has 31 heavy (non-hydrogen) atoms. The minimum Gasteiger partial charge on any atom is -0.344 e. The summed E-state index contributed by atoms with van der Waals surface area (Å²) in [6, 6.07) is 22.7. The summed E-state index contributed by atoms with van der Waals surface area (Å²) in [5, 5.41) is 3.03. The smallest absolute Gasteiger partial charge is 0.241 e. The molecule has 0 bridgehead atoms. The Hall–Kier alpha value is -3.12. The Balaban J connectivity index is 1.91. The van der Waals surface area contributed by atoms with Gasteiger partial charge in [0.15, 0.2) is 0 Å². The third-order valence-corrected chi connectivity index (χ3v) is 6.14. The van der Waals surface area contributed by atoms with E-state index >= 15 is 0 Å². The Labute approximate surface area is 184 Å². The lowest BCUT2D eigenvalue weighted by Gasteiger charge is -2.25. The van der Waals surface area contributed by atoms with E-state index in [0.29, 0.717) is 5.69 Å². The predicted molar refractivity (Wildman–Crippen MR) is 126 cm³/mol. The SMILES string of the molecule is Cc1cccc(C(NC(=O)CN(c2cc(C)cc(C)c2)S(C)(=O)=O)c2ccccc2)c1. The molecule has 3 aromatic rings. The van der Waals surface area contributed by atoms with Crippen LogP contribution in [0.5, 0.6) is 0 Å². The molecule has 3 rings (SSSR count). The van der Waals surface area contributed by atoms with Crippen LogP contribution in [0.2, 0.25) is 0 Å². The van der Waals surface area contributed by atoms with Crippen LogP contribution in [0.25, 0.3) is 0 Å². The first-order valence-electron chi connectivity index (χ1n) is 10.1. The molecule has 0 fully saturated rings. The highest BCUT2D eigenvalue weighted by molar-refractivity contribution is 7.92. The number of aryl methyl sites for hydroxylation is 3. The van der Waals surface area contributed by atoms with Gasteiger partial charge in [-0.15, -0.1) is 0 Å². The zero-order chi connectivity index (χ0) is 22.6. The predicted octanol–water partition coefficient (Wildman–Crippen LogP) is 4.28. The molecule has 1 unspecified atom stereocenters. The van der Waals surface area contributed by atoms with Gasteiger partial charge < -0.3 is 5.32 Å². The van der Waals surface area contributed by atoms with Crippen LogP contribution in [0, 0.1) is 20.8 Å². The molecule has 0 radical (unpaired) electrons. The first-order chi connectivity index (χ1) is 14.6. The average Bonchev–Trinajstić information content (AvgIpc) is 2.69. The molecule has 0 aliphatic heterocycles. The molecule has 0 spiro atoms. The number of carbonyl (C=O) groups excluding carboxylic acids is 1. The number of sulfonamides is 1. The topological polar surface area (TPSA) is 66.5 Å². The number of carbonyl (C=O) groups is 1. The molecule has 5 nitrogen and oxygen atoms in total. The van der Waals surface area contributed by atoms with Gasteiger partial charge in [0.25, 0.3) is 0 Å². The van der Waals surface area contributed by atoms with Crippen molar-refractivity contribution in [2.45, 2.75) is 26.8 Å². The van der Waals surface area contributed by atoms with Crippen LogP contribution >= 0.6 is 0 Å². The van der Waals surface area contributed by atoms with Crippen LogP contribution in [-0.2, 0) is 14.8 Å². The molecule has 0 heterocycles. The van der Waals surface area contributed by atoms with Crippen molar-refractivity contribution < 1.29 is 13.2 Å². The van der Waals surface area contributed by atoms with E-state index in [1.807, 2.05) is 81.4 Å². The number of benzene rings is 3. The molecule has 0 aliphatic carbocycles. The molecule has 1 N–H and O–H groups in total. The van der Waals surface area contributed by atoms with Gasteiger partial charge in [0.05, 0.1) is 18.0 Å². The third kappa shape index (κ3) is 5.95. The molecule has 6 heteroatoms. The number of nitrogens with one attached hydrogen (secondary N) is 1. The molecule has 0 saturated carbocycles. The van der Waals surface area contributed by atoms with Gasteiger partial charge in [0.2, 0.25) is 15.9 Å².